The van der Waals surface area contributed by atoms with E-state index in [9.17, 15) is 13.2 Å². The summed E-state index contributed by atoms with van der Waals surface area (Å²) in [5.74, 6) is -0.400. The van der Waals surface area contributed by atoms with Gasteiger partial charge in [-0.2, -0.15) is 0 Å². The molecule has 10 heteroatoms. The molecule has 3 rings (SSSR count). The first kappa shape index (κ1) is 19.4. The van der Waals surface area contributed by atoms with E-state index in [1.54, 1.807) is 12.1 Å². The van der Waals surface area contributed by atoms with Crippen molar-refractivity contribution >= 4 is 44.0 Å². The highest BCUT2D eigenvalue weighted by Crippen LogP contribution is 2.27. The molecule has 2 aromatic carbocycles. The Morgan fingerprint density at radius 2 is 1.67 bits per heavy atom. The largest absolute Gasteiger partial charge is 0.296 e. The highest BCUT2D eigenvalue weighted by Gasteiger charge is 2.18. The van der Waals surface area contributed by atoms with Crippen LogP contribution in [0, 0.1) is 0 Å². The van der Waals surface area contributed by atoms with Crippen LogP contribution in [0.4, 0.5) is 5.13 Å². The number of benzene rings is 2. The average Bonchev–Trinajstić information content (AvgIpc) is 3.10. The van der Waals surface area contributed by atoms with Gasteiger partial charge < -0.3 is 0 Å². The number of sulfonamides is 1. The number of halogens is 1. The van der Waals surface area contributed by atoms with E-state index in [1.165, 1.54) is 49.7 Å². The second-order valence-corrected chi connectivity index (χ2v) is 9.25. The maximum Gasteiger partial charge on any atom is 0.257 e. The quantitative estimate of drug-likeness (QED) is 0.680. The highest BCUT2D eigenvalue weighted by molar-refractivity contribution is 7.89. The Hall–Kier alpha value is -2.33. The van der Waals surface area contributed by atoms with Crippen molar-refractivity contribution in [3.05, 3.63) is 59.1 Å². The van der Waals surface area contributed by atoms with Crippen LogP contribution in [-0.4, -0.2) is 42.9 Å². The molecule has 1 aromatic heterocycles. The van der Waals surface area contributed by atoms with Crippen molar-refractivity contribution in [3.8, 4) is 10.6 Å². The van der Waals surface area contributed by atoms with Gasteiger partial charge in [0.1, 0.15) is 5.01 Å². The first-order valence-corrected chi connectivity index (χ1v) is 10.3. The van der Waals surface area contributed by atoms with Gasteiger partial charge in [-0.3, -0.25) is 10.1 Å². The molecule has 0 atom stereocenters. The molecule has 0 saturated heterocycles. The maximum absolute atomic E-state index is 12.3. The number of anilines is 1. The molecule has 0 aliphatic rings. The van der Waals surface area contributed by atoms with Crippen LogP contribution in [0.15, 0.2) is 53.4 Å². The maximum atomic E-state index is 12.3. The fourth-order valence-electron chi connectivity index (χ4n) is 2.14. The fraction of sp³-hybridized carbons (Fsp3) is 0.118. The fourth-order valence-corrected chi connectivity index (χ4v) is 3.91. The van der Waals surface area contributed by atoms with Gasteiger partial charge >= 0.3 is 0 Å². The Morgan fingerprint density at radius 1 is 1.04 bits per heavy atom. The van der Waals surface area contributed by atoms with Gasteiger partial charge in [-0.05, 0) is 36.4 Å². The molecule has 0 unspecified atom stereocenters. The smallest absolute Gasteiger partial charge is 0.257 e. The predicted molar refractivity (Wildman–Crippen MR) is 106 cm³/mol. The number of rotatable bonds is 5. The number of nitrogens with zero attached hydrogens (tertiary/aromatic N) is 3. The second kappa shape index (κ2) is 7.73. The second-order valence-electron chi connectivity index (χ2n) is 5.69. The number of nitrogens with one attached hydrogen (secondary N) is 1. The van der Waals surface area contributed by atoms with Crippen molar-refractivity contribution in [3.63, 3.8) is 0 Å². The zero-order valence-electron chi connectivity index (χ0n) is 14.4. The van der Waals surface area contributed by atoms with Crippen LogP contribution in [0.2, 0.25) is 5.02 Å². The number of amides is 1. The summed E-state index contributed by atoms with van der Waals surface area (Å²) in [5, 5.41) is 12.3. The number of carbonyl (C=O) groups excluding carboxylic acids is 1. The van der Waals surface area contributed by atoms with Crippen LogP contribution in [0.25, 0.3) is 10.6 Å². The summed E-state index contributed by atoms with van der Waals surface area (Å²) in [5.41, 5.74) is 1.16. The predicted octanol–water partition coefficient (Wildman–Crippen LogP) is 3.36. The monoisotopic (exact) mass is 422 g/mol. The molecule has 0 fully saturated rings. The number of hydrogen-bond acceptors (Lipinski definition) is 6. The van der Waals surface area contributed by atoms with E-state index < -0.39 is 15.9 Å². The number of hydrogen-bond donors (Lipinski definition) is 1. The van der Waals surface area contributed by atoms with Gasteiger partial charge in [0.25, 0.3) is 5.91 Å². The summed E-state index contributed by atoms with van der Waals surface area (Å²) >= 11 is 7.09. The Bertz CT molecular complexity index is 1060. The molecule has 1 heterocycles. The molecule has 1 amide bonds. The van der Waals surface area contributed by atoms with Crippen LogP contribution in [-0.2, 0) is 10.0 Å². The lowest BCUT2D eigenvalue weighted by Gasteiger charge is -2.11. The third-order valence-electron chi connectivity index (χ3n) is 3.63. The molecule has 140 valence electrons. The van der Waals surface area contributed by atoms with E-state index in [2.05, 4.69) is 15.5 Å². The number of carbonyl (C=O) groups is 1. The lowest BCUT2D eigenvalue weighted by molar-refractivity contribution is 0.102. The Kier molecular flexibility index (Phi) is 5.56. The van der Waals surface area contributed by atoms with Gasteiger partial charge in [0.15, 0.2) is 0 Å². The molecule has 3 aromatic rings. The van der Waals surface area contributed by atoms with Crippen molar-refractivity contribution in [2.45, 2.75) is 4.90 Å². The SMILES string of the molecule is CN(C)S(=O)(=O)c1ccc(C(=O)Nc2nnc(-c3ccc(Cl)cc3)s2)cc1. The van der Waals surface area contributed by atoms with Gasteiger partial charge in [-0.1, -0.05) is 35.1 Å². The molecule has 0 aliphatic heterocycles. The van der Waals surface area contributed by atoms with Gasteiger partial charge in [0.2, 0.25) is 15.2 Å². The third kappa shape index (κ3) is 4.33. The van der Waals surface area contributed by atoms with Crippen molar-refractivity contribution in [1.29, 1.82) is 0 Å². The molecule has 27 heavy (non-hydrogen) atoms. The lowest BCUT2D eigenvalue weighted by Crippen LogP contribution is -2.22. The van der Waals surface area contributed by atoms with Crippen LogP contribution in [0.3, 0.4) is 0 Å². The Morgan fingerprint density at radius 3 is 2.26 bits per heavy atom. The summed E-state index contributed by atoms with van der Waals surface area (Å²) in [7, 11) is -0.641. The van der Waals surface area contributed by atoms with E-state index in [4.69, 9.17) is 11.6 Å². The Balaban J connectivity index is 1.73. The van der Waals surface area contributed by atoms with Crippen molar-refractivity contribution in [2.24, 2.45) is 0 Å². The normalized spacial score (nSPS) is 11.6. The van der Waals surface area contributed by atoms with Gasteiger partial charge in [-0.25, -0.2) is 12.7 Å². The molecule has 0 spiro atoms. The molecule has 7 nitrogen and oxygen atoms in total. The van der Waals surface area contributed by atoms with Crippen molar-refractivity contribution in [1.82, 2.24) is 14.5 Å². The van der Waals surface area contributed by atoms with Crippen LogP contribution in [0.5, 0.6) is 0 Å². The van der Waals surface area contributed by atoms with Crippen molar-refractivity contribution < 1.29 is 13.2 Å². The van der Waals surface area contributed by atoms with Gasteiger partial charge in [0.05, 0.1) is 4.90 Å². The molecule has 0 aliphatic carbocycles. The van der Waals surface area contributed by atoms with E-state index in [0.29, 0.717) is 20.7 Å². The van der Waals surface area contributed by atoms with E-state index in [0.717, 1.165) is 9.87 Å². The van der Waals surface area contributed by atoms with E-state index in [1.807, 2.05) is 12.1 Å². The molecular formula is C17H15ClN4O3S2. The van der Waals surface area contributed by atoms with Crippen LogP contribution in [0.1, 0.15) is 10.4 Å². The van der Waals surface area contributed by atoms with E-state index in [-0.39, 0.29) is 4.90 Å². The summed E-state index contributed by atoms with van der Waals surface area (Å²) in [6, 6.07) is 12.8. The molecule has 0 saturated carbocycles. The van der Waals surface area contributed by atoms with Crippen LogP contribution < -0.4 is 5.32 Å². The zero-order chi connectivity index (χ0) is 19.6. The first-order chi connectivity index (χ1) is 12.8. The average molecular weight is 423 g/mol. The zero-order valence-corrected chi connectivity index (χ0v) is 16.8. The molecular weight excluding hydrogens is 408 g/mol. The molecule has 0 bridgehead atoms. The first-order valence-electron chi connectivity index (χ1n) is 7.71. The van der Waals surface area contributed by atoms with E-state index >= 15 is 0 Å². The summed E-state index contributed by atoms with van der Waals surface area (Å²) in [4.78, 5) is 12.5. The topological polar surface area (TPSA) is 92.3 Å². The summed E-state index contributed by atoms with van der Waals surface area (Å²) in [6.07, 6.45) is 0. The minimum atomic E-state index is -3.54. The molecule has 1 N–H and O–H groups in total. The molecule has 0 radical (unpaired) electrons. The van der Waals surface area contributed by atoms with Crippen LogP contribution >= 0.6 is 22.9 Å². The van der Waals surface area contributed by atoms with Gasteiger partial charge in [0, 0.05) is 30.2 Å². The Labute approximate surface area is 165 Å². The lowest BCUT2D eigenvalue weighted by atomic mass is 10.2. The third-order valence-corrected chi connectivity index (χ3v) is 6.60. The van der Waals surface area contributed by atoms with Crippen molar-refractivity contribution in [2.75, 3.05) is 19.4 Å². The summed E-state index contributed by atoms with van der Waals surface area (Å²) < 4.78 is 25.2. The highest BCUT2D eigenvalue weighted by atomic mass is 35.5. The standard InChI is InChI=1S/C17H15ClN4O3S2/c1-22(2)27(24,25)14-9-5-11(6-10-14)15(23)19-17-21-20-16(26-17)12-3-7-13(18)8-4-12/h3-10H,1-2H3,(H,19,21,23). The summed E-state index contributed by atoms with van der Waals surface area (Å²) in [6.45, 7) is 0. The van der Waals surface area contributed by atoms with Gasteiger partial charge in [-0.15, -0.1) is 10.2 Å². The minimum Gasteiger partial charge on any atom is -0.296 e. The number of aromatic nitrogens is 2. The minimum absolute atomic E-state index is 0.116.